The maximum absolute atomic E-state index is 13.9. The van der Waals surface area contributed by atoms with Gasteiger partial charge in [-0.2, -0.15) is 0 Å². The molecule has 0 bridgehead atoms. The average Bonchev–Trinajstić information content (AvgIpc) is 2.72. The van der Waals surface area contributed by atoms with Crippen LogP contribution in [0.2, 0.25) is 0 Å². The fraction of sp³-hybridized carbons (Fsp3) is 0.368. The van der Waals surface area contributed by atoms with Gasteiger partial charge in [-0.15, -0.1) is 0 Å². The Morgan fingerprint density at radius 2 is 1.96 bits per heavy atom. The Morgan fingerprint density at radius 3 is 2.70 bits per heavy atom. The van der Waals surface area contributed by atoms with Gasteiger partial charge in [0, 0.05) is 25.2 Å². The summed E-state index contributed by atoms with van der Waals surface area (Å²) in [5.41, 5.74) is 2.08. The SMILES string of the molecule is CN(C)CCN1CCOc2ccc(F)cc2C1c1ccccc1. The quantitative estimate of drug-likeness (QED) is 0.862. The summed E-state index contributed by atoms with van der Waals surface area (Å²) in [6, 6.07) is 15.1. The second kappa shape index (κ2) is 7.11. The molecule has 3 rings (SSSR count). The van der Waals surface area contributed by atoms with Gasteiger partial charge in [0.05, 0.1) is 6.04 Å². The molecule has 2 aromatic rings. The van der Waals surface area contributed by atoms with Crippen molar-refractivity contribution in [3.63, 3.8) is 0 Å². The van der Waals surface area contributed by atoms with Crippen molar-refractivity contribution in [3.05, 3.63) is 65.5 Å². The Morgan fingerprint density at radius 1 is 1.17 bits per heavy atom. The van der Waals surface area contributed by atoms with Crippen LogP contribution in [-0.4, -0.2) is 50.1 Å². The van der Waals surface area contributed by atoms with Crippen molar-refractivity contribution in [1.29, 1.82) is 0 Å². The number of ether oxygens (including phenoxy) is 1. The summed E-state index contributed by atoms with van der Waals surface area (Å²) in [6.07, 6.45) is 0. The topological polar surface area (TPSA) is 15.7 Å². The number of rotatable bonds is 4. The molecule has 1 unspecified atom stereocenters. The van der Waals surface area contributed by atoms with E-state index in [1.54, 1.807) is 12.1 Å². The van der Waals surface area contributed by atoms with Gasteiger partial charge in [0.1, 0.15) is 18.2 Å². The predicted octanol–water partition coefficient (Wildman–Crippen LogP) is 3.17. The third-order valence-corrected chi connectivity index (χ3v) is 4.22. The number of hydrogen-bond donors (Lipinski definition) is 0. The summed E-state index contributed by atoms with van der Waals surface area (Å²) in [6.45, 7) is 3.30. The first-order valence-corrected chi connectivity index (χ1v) is 8.01. The summed E-state index contributed by atoms with van der Waals surface area (Å²) in [5, 5.41) is 0. The molecule has 0 radical (unpaired) electrons. The van der Waals surface area contributed by atoms with Crippen LogP contribution in [-0.2, 0) is 0 Å². The second-order valence-electron chi connectivity index (χ2n) is 6.18. The summed E-state index contributed by atoms with van der Waals surface area (Å²) in [4.78, 5) is 4.54. The van der Waals surface area contributed by atoms with E-state index < -0.39 is 0 Å². The van der Waals surface area contributed by atoms with E-state index in [0.717, 1.165) is 30.9 Å². The van der Waals surface area contributed by atoms with Crippen LogP contribution >= 0.6 is 0 Å². The Hall–Kier alpha value is -1.91. The van der Waals surface area contributed by atoms with Crippen molar-refractivity contribution < 1.29 is 9.13 Å². The summed E-state index contributed by atoms with van der Waals surface area (Å²) in [5.74, 6) is 0.565. The molecule has 0 amide bonds. The standard InChI is InChI=1S/C19H23FN2O/c1-21(2)10-11-22-12-13-23-18-9-8-16(20)14-17(18)19(22)15-6-4-3-5-7-15/h3-9,14,19H,10-13H2,1-2H3. The molecule has 2 aromatic carbocycles. The zero-order chi connectivity index (χ0) is 16.2. The molecule has 0 aliphatic carbocycles. The smallest absolute Gasteiger partial charge is 0.124 e. The number of benzene rings is 2. The number of hydrogen-bond acceptors (Lipinski definition) is 3. The van der Waals surface area contributed by atoms with Gasteiger partial charge in [-0.3, -0.25) is 4.90 Å². The van der Waals surface area contributed by atoms with Crippen molar-refractivity contribution in [2.24, 2.45) is 0 Å². The third-order valence-electron chi connectivity index (χ3n) is 4.22. The number of nitrogens with zero attached hydrogens (tertiary/aromatic N) is 2. The Kier molecular flexibility index (Phi) is 4.94. The lowest BCUT2D eigenvalue weighted by atomic mass is 9.96. The zero-order valence-corrected chi connectivity index (χ0v) is 13.7. The lowest BCUT2D eigenvalue weighted by Crippen LogP contribution is -2.36. The molecular formula is C19H23FN2O. The Bertz CT molecular complexity index is 645. The normalized spacial score (nSPS) is 18.3. The average molecular weight is 314 g/mol. The second-order valence-corrected chi connectivity index (χ2v) is 6.18. The van der Waals surface area contributed by atoms with Gasteiger partial charge in [0.2, 0.25) is 0 Å². The van der Waals surface area contributed by atoms with Crippen molar-refractivity contribution >= 4 is 0 Å². The van der Waals surface area contributed by atoms with Gasteiger partial charge in [0.25, 0.3) is 0 Å². The monoisotopic (exact) mass is 314 g/mol. The van der Waals surface area contributed by atoms with Gasteiger partial charge in [-0.25, -0.2) is 4.39 Å². The number of fused-ring (bicyclic) bond motifs is 1. The third kappa shape index (κ3) is 3.71. The maximum atomic E-state index is 13.9. The van der Waals surface area contributed by atoms with Crippen LogP contribution in [0.4, 0.5) is 4.39 Å². The molecular weight excluding hydrogens is 291 g/mol. The van der Waals surface area contributed by atoms with Gasteiger partial charge >= 0.3 is 0 Å². The van der Waals surface area contributed by atoms with Crippen LogP contribution in [0.15, 0.2) is 48.5 Å². The molecule has 23 heavy (non-hydrogen) atoms. The first-order valence-electron chi connectivity index (χ1n) is 8.01. The lowest BCUT2D eigenvalue weighted by molar-refractivity contribution is 0.185. The van der Waals surface area contributed by atoms with E-state index in [9.17, 15) is 4.39 Å². The molecule has 1 heterocycles. The summed E-state index contributed by atoms with van der Waals surface area (Å²) < 4.78 is 19.7. The molecule has 0 aromatic heterocycles. The molecule has 4 heteroatoms. The Labute approximate surface area is 137 Å². The summed E-state index contributed by atoms with van der Waals surface area (Å²) >= 11 is 0. The molecule has 0 fully saturated rings. The van der Waals surface area contributed by atoms with Crippen LogP contribution in [0.3, 0.4) is 0 Å². The molecule has 0 saturated carbocycles. The van der Waals surface area contributed by atoms with E-state index in [0.29, 0.717) is 6.61 Å². The minimum Gasteiger partial charge on any atom is -0.492 e. The first kappa shape index (κ1) is 16.0. The highest BCUT2D eigenvalue weighted by Crippen LogP contribution is 2.36. The van der Waals surface area contributed by atoms with Crippen LogP contribution < -0.4 is 4.74 Å². The number of likely N-dealkylation sites (N-methyl/N-ethyl adjacent to an activating group) is 1. The first-order chi connectivity index (χ1) is 11.1. The van der Waals surface area contributed by atoms with Crippen LogP contribution in [0, 0.1) is 5.82 Å². The van der Waals surface area contributed by atoms with E-state index in [1.165, 1.54) is 11.6 Å². The van der Waals surface area contributed by atoms with E-state index in [2.05, 4.69) is 36.0 Å². The van der Waals surface area contributed by atoms with Crippen molar-refractivity contribution in [2.75, 3.05) is 40.3 Å². The van der Waals surface area contributed by atoms with E-state index in [4.69, 9.17) is 4.74 Å². The highest BCUT2D eigenvalue weighted by atomic mass is 19.1. The fourth-order valence-corrected chi connectivity index (χ4v) is 3.06. The molecule has 122 valence electrons. The maximum Gasteiger partial charge on any atom is 0.124 e. The van der Waals surface area contributed by atoms with E-state index in [1.807, 2.05) is 18.2 Å². The van der Waals surface area contributed by atoms with Crippen LogP contribution in [0.1, 0.15) is 17.2 Å². The molecule has 1 aliphatic heterocycles. The van der Waals surface area contributed by atoms with Crippen LogP contribution in [0.5, 0.6) is 5.75 Å². The van der Waals surface area contributed by atoms with Crippen LogP contribution in [0.25, 0.3) is 0 Å². The molecule has 1 aliphatic rings. The lowest BCUT2D eigenvalue weighted by Gasteiger charge is -2.31. The van der Waals surface area contributed by atoms with Gasteiger partial charge in [0.15, 0.2) is 0 Å². The van der Waals surface area contributed by atoms with E-state index >= 15 is 0 Å². The van der Waals surface area contributed by atoms with Crippen molar-refractivity contribution in [1.82, 2.24) is 9.80 Å². The van der Waals surface area contributed by atoms with Crippen molar-refractivity contribution in [2.45, 2.75) is 6.04 Å². The number of halogens is 1. The predicted molar refractivity (Wildman–Crippen MR) is 90.3 cm³/mol. The molecule has 0 N–H and O–H groups in total. The molecule has 0 saturated heterocycles. The highest BCUT2D eigenvalue weighted by Gasteiger charge is 2.28. The molecule has 1 atom stereocenters. The largest absolute Gasteiger partial charge is 0.492 e. The van der Waals surface area contributed by atoms with Gasteiger partial charge < -0.3 is 9.64 Å². The fourth-order valence-electron chi connectivity index (χ4n) is 3.06. The molecule has 0 spiro atoms. The highest BCUT2D eigenvalue weighted by molar-refractivity contribution is 5.42. The summed E-state index contributed by atoms with van der Waals surface area (Å²) in [7, 11) is 4.14. The van der Waals surface area contributed by atoms with E-state index in [-0.39, 0.29) is 11.9 Å². The minimum absolute atomic E-state index is 0.0179. The Balaban J connectivity index is 2.03. The molecule has 3 nitrogen and oxygen atoms in total. The van der Waals surface area contributed by atoms with Crippen molar-refractivity contribution in [3.8, 4) is 5.75 Å². The van der Waals surface area contributed by atoms with Gasteiger partial charge in [-0.05, 0) is 37.9 Å². The minimum atomic E-state index is -0.220. The zero-order valence-electron chi connectivity index (χ0n) is 13.7. The van der Waals surface area contributed by atoms with Gasteiger partial charge in [-0.1, -0.05) is 30.3 Å².